The van der Waals surface area contributed by atoms with Crippen LogP contribution < -0.4 is 5.43 Å². The molecule has 0 aliphatic heterocycles. The Morgan fingerprint density at radius 2 is 1.81 bits per heavy atom. The Labute approximate surface area is 187 Å². The van der Waals surface area contributed by atoms with Gasteiger partial charge in [0.05, 0.1) is 0 Å². The van der Waals surface area contributed by atoms with Gasteiger partial charge in [0.15, 0.2) is 0 Å². The lowest BCUT2D eigenvalue weighted by molar-refractivity contribution is -0.0913. The SMILES string of the molecule is C/C(=N\NC(=O)c1ccncc1)C1CCC2C3CCC4CC=CCC4(C)C3CCC12C. The van der Waals surface area contributed by atoms with E-state index >= 15 is 0 Å². The maximum absolute atomic E-state index is 12.4. The molecule has 166 valence electrons. The number of hydrazone groups is 1. The molecule has 31 heavy (non-hydrogen) atoms. The van der Waals surface area contributed by atoms with Crippen LogP contribution >= 0.6 is 0 Å². The number of fused-ring (bicyclic) bond motifs is 5. The molecule has 7 atom stereocenters. The highest BCUT2D eigenvalue weighted by molar-refractivity contribution is 5.95. The smallest absolute Gasteiger partial charge is 0.267 e. The summed E-state index contributed by atoms with van der Waals surface area (Å²) in [4.78, 5) is 16.4. The third kappa shape index (κ3) is 3.37. The lowest BCUT2D eigenvalue weighted by atomic mass is 9.45. The van der Waals surface area contributed by atoms with Gasteiger partial charge in [0.1, 0.15) is 0 Å². The molecule has 4 heteroatoms. The first-order valence-electron chi connectivity index (χ1n) is 12.3. The fourth-order valence-electron chi connectivity index (χ4n) is 8.31. The fourth-order valence-corrected chi connectivity index (χ4v) is 8.31. The van der Waals surface area contributed by atoms with Gasteiger partial charge in [0.2, 0.25) is 0 Å². The van der Waals surface area contributed by atoms with E-state index in [4.69, 9.17) is 0 Å². The van der Waals surface area contributed by atoms with E-state index in [1.54, 1.807) is 24.5 Å². The zero-order chi connectivity index (χ0) is 21.6. The minimum absolute atomic E-state index is 0.151. The van der Waals surface area contributed by atoms with E-state index in [2.05, 4.69) is 48.4 Å². The quantitative estimate of drug-likeness (QED) is 0.370. The zero-order valence-electron chi connectivity index (χ0n) is 19.3. The molecule has 1 amide bonds. The van der Waals surface area contributed by atoms with Gasteiger partial charge in [-0.05, 0) is 105 Å². The van der Waals surface area contributed by atoms with E-state index in [0.717, 1.165) is 29.4 Å². The molecule has 0 saturated heterocycles. The summed E-state index contributed by atoms with van der Waals surface area (Å²) in [7, 11) is 0. The summed E-state index contributed by atoms with van der Waals surface area (Å²) in [6.07, 6.45) is 18.8. The Kier molecular flexibility index (Phi) is 5.30. The number of amides is 1. The summed E-state index contributed by atoms with van der Waals surface area (Å²) < 4.78 is 0. The van der Waals surface area contributed by atoms with Crippen molar-refractivity contribution in [2.75, 3.05) is 0 Å². The molecule has 1 N–H and O–H groups in total. The summed E-state index contributed by atoms with van der Waals surface area (Å²) in [6, 6.07) is 3.46. The van der Waals surface area contributed by atoms with Gasteiger partial charge in [-0.2, -0.15) is 5.10 Å². The largest absolute Gasteiger partial charge is 0.271 e. The zero-order valence-corrected chi connectivity index (χ0v) is 19.3. The second kappa shape index (κ2) is 7.86. The number of aromatic nitrogens is 1. The van der Waals surface area contributed by atoms with Crippen molar-refractivity contribution < 1.29 is 4.79 Å². The summed E-state index contributed by atoms with van der Waals surface area (Å²) >= 11 is 0. The third-order valence-electron chi connectivity index (χ3n) is 9.99. The van der Waals surface area contributed by atoms with Gasteiger partial charge in [-0.3, -0.25) is 9.78 Å². The molecule has 4 aliphatic carbocycles. The fraction of sp³-hybridized carbons (Fsp3) is 0.667. The van der Waals surface area contributed by atoms with Crippen LogP contribution in [0.15, 0.2) is 41.8 Å². The molecule has 0 bridgehead atoms. The molecule has 1 aromatic rings. The van der Waals surface area contributed by atoms with Crippen LogP contribution in [-0.4, -0.2) is 16.6 Å². The molecule has 1 aromatic heterocycles. The molecule has 0 radical (unpaired) electrons. The van der Waals surface area contributed by atoms with Crippen LogP contribution in [0, 0.1) is 40.4 Å². The number of allylic oxidation sites excluding steroid dienone is 2. The van der Waals surface area contributed by atoms with Crippen molar-refractivity contribution in [3.8, 4) is 0 Å². The van der Waals surface area contributed by atoms with Crippen LogP contribution in [0.4, 0.5) is 0 Å². The monoisotopic (exact) mass is 419 g/mol. The molecule has 3 saturated carbocycles. The van der Waals surface area contributed by atoms with Gasteiger partial charge < -0.3 is 0 Å². The van der Waals surface area contributed by atoms with Crippen LogP contribution in [-0.2, 0) is 0 Å². The molecule has 0 aromatic carbocycles. The molecular weight excluding hydrogens is 382 g/mol. The van der Waals surface area contributed by atoms with Crippen molar-refractivity contribution in [3.63, 3.8) is 0 Å². The molecule has 4 aliphatic rings. The van der Waals surface area contributed by atoms with Crippen LogP contribution in [0.25, 0.3) is 0 Å². The highest BCUT2D eigenvalue weighted by Gasteiger charge is 2.59. The number of hydrogen-bond acceptors (Lipinski definition) is 3. The van der Waals surface area contributed by atoms with Crippen LogP contribution in [0.2, 0.25) is 0 Å². The first kappa shape index (κ1) is 20.9. The third-order valence-corrected chi connectivity index (χ3v) is 9.99. The van der Waals surface area contributed by atoms with Crippen molar-refractivity contribution in [2.24, 2.45) is 45.5 Å². The summed E-state index contributed by atoms with van der Waals surface area (Å²) in [6.45, 7) is 7.26. The Morgan fingerprint density at radius 3 is 2.61 bits per heavy atom. The van der Waals surface area contributed by atoms with E-state index in [9.17, 15) is 4.79 Å². The van der Waals surface area contributed by atoms with Gasteiger partial charge >= 0.3 is 0 Å². The molecular formula is C27H37N3O. The number of carbonyl (C=O) groups is 1. The van der Waals surface area contributed by atoms with E-state index < -0.39 is 0 Å². The van der Waals surface area contributed by atoms with Crippen molar-refractivity contribution in [1.29, 1.82) is 0 Å². The van der Waals surface area contributed by atoms with Gasteiger partial charge in [-0.15, -0.1) is 0 Å². The van der Waals surface area contributed by atoms with Gasteiger partial charge in [0.25, 0.3) is 5.91 Å². The molecule has 4 nitrogen and oxygen atoms in total. The van der Waals surface area contributed by atoms with E-state index in [1.165, 1.54) is 51.4 Å². The van der Waals surface area contributed by atoms with Crippen molar-refractivity contribution in [2.45, 2.75) is 72.1 Å². The van der Waals surface area contributed by atoms with Gasteiger partial charge in [0, 0.05) is 29.6 Å². The maximum Gasteiger partial charge on any atom is 0.271 e. The molecule has 5 rings (SSSR count). The van der Waals surface area contributed by atoms with Gasteiger partial charge in [-0.1, -0.05) is 26.0 Å². The van der Waals surface area contributed by atoms with Crippen molar-refractivity contribution in [3.05, 3.63) is 42.2 Å². The summed E-state index contributed by atoms with van der Waals surface area (Å²) in [5.74, 6) is 3.79. The number of pyridine rings is 1. The Balaban J connectivity index is 1.32. The van der Waals surface area contributed by atoms with Gasteiger partial charge in [-0.25, -0.2) is 5.43 Å². The highest BCUT2D eigenvalue weighted by atomic mass is 16.2. The Bertz CT molecular complexity index is 893. The second-order valence-corrected chi connectivity index (χ2v) is 11.2. The summed E-state index contributed by atoms with van der Waals surface area (Å²) in [5.41, 5.74) is 5.35. The lowest BCUT2D eigenvalue weighted by Gasteiger charge is -2.59. The average Bonchev–Trinajstić information content (AvgIpc) is 3.14. The van der Waals surface area contributed by atoms with E-state index in [1.807, 2.05) is 0 Å². The predicted molar refractivity (Wildman–Crippen MR) is 125 cm³/mol. The first-order chi connectivity index (χ1) is 14.9. The van der Waals surface area contributed by atoms with Crippen LogP contribution in [0.3, 0.4) is 0 Å². The minimum atomic E-state index is -0.151. The van der Waals surface area contributed by atoms with E-state index in [0.29, 0.717) is 22.3 Å². The summed E-state index contributed by atoms with van der Waals surface area (Å²) in [5, 5.41) is 4.59. The topological polar surface area (TPSA) is 54.4 Å². The molecule has 7 unspecified atom stereocenters. The van der Waals surface area contributed by atoms with Crippen LogP contribution in [0.1, 0.15) is 82.5 Å². The standard InChI is InChI=1S/C27H37N3O/c1-18(29-30-25(31)19-12-16-28-17-13-19)22-9-10-23-21-8-7-20-6-4-5-14-26(20,2)24(21)11-15-27(22,23)3/h4-5,12-13,16-17,20-24H,6-11,14-15H2,1-3H3,(H,30,31)/b29-18+. The molecule has 3 fully saturated rings. The normalized spacial score (nSPS) is 41.8. The number of nitrogens with one attached hydrogen (secondary N) is 1. The average molecular weight is 420 g/mol. The number of hydrogen-bond donors (Lipinski definition) is 1. The molecule has 0 spiro atoms. The van der Waals surface area contributed by atoms with Crippen molar-refractivity contribution >= 4 is 11.6 Å². The Hall–Kier alpha value is -1.97. The number of nitrogens with zero attached hydrogens (tertiary/aromatic N) is 2. The Morgan fingerprint density at radius 1 is 1.03 bits per heavy atom. The second-order valence-electron chi connectivity index (χ2n) is 11.2. The van der Waals surface area contributed by atoms with E-state index in [-0.39, 0.29) is 5.91 Å². The van der Waals surface area contributed by atoms with Crippen molar-refractivity contribution in [1.82, 2.24) is 10.4 Å². The number of rotatable bonds is 3. The number of carbonyl (C=O) groups excluding carboxylic acids is 1. The highest BCUT2D eigenvalue weighted by Crippen LogP contribution is 2.67. The lowest BCUT2D eigenvalue weighted by Crippen LogP contribution is -2.52. The maximum atomic E-state index is 12.4. The van der Waals surface area contributed by atoms with Crippen LogP contribution in [0.5, 0.6) is 0 Å². The minimum Gasteiger partial charge on any atom is -0.267 e. The molecule has 1 heterocycles. The predicted octanol–water partition coefficient (Wildman–Crippen LogP) is 6.01. The first-order valence-corrected chi connectivity index (χ1v) is 12.3.